The van der Waals surface area contributed by atoms with Crippen molar-refractivity contribution in [3.05, 3.63) is 408 Å². The lowest BCUT2D eigenvalue weighted by atomic mass is 10.0. The first-order valence-corrected chi connectivity index (χ1v) is 38.8. The van der Waals surface area contributed by atoms with Crippen molar-refractivity contribution < 1.29 is 50.6 Å². The molecular weight excluding hydrogens is 1660 g/mol. The van der Waals surface area contributed by atoms with Crippen molar-refractivity contribution in [3.8, 4) is 67.8 Å². The number of H-pyrrole nitrogens is 8. The van der Waals surface area contributed by atoms with Crippen LogP contribution in [0.4, 0.5) is 43.4 Å². The molecule has 642 valence electrons. The molecule has 0 aliphatic carbocycles. The third-order valence-electron chi connectivity index (χ3n) is 20.0. The van der Waals surface area contributed by atoms with Gasteiger partial charge in [-0.05, 0) is 167 Å². The molecule has 0 atom stereocenters. The van der Waals surface area contributed by atoms with Crippen LogP contribution in [0, 0.1) is 47.8 Å². The van der Waals surface area contributed by atoms with E-state index in [1.807, 2.05) is 60.7 Å². The van der Waals surface area contributed by atoms with E-state index in [4.69, 9.17) is 21.1 Å². The van der Waals surface area contributed by atoms with Crippen LogP contribution in [0.2, 0.25) is 5.02 Å². The first-order chi connectivity index (χ1) is 60.6. The molecular formula is C89H74ClF6N17O13. The smallest absolute Gasteiger partial charge is 0.416 e. The number of hydrogen-bond acceptors (Lipinski definition) is 17. The van der Waals surface area contributed by atoms with Gasteiger partial charge in [-0.1, -0.05) is 84.4 Å². The van der Waals surface area contributed by atoms with Crippen LogP contribution >= 0.6 is 11.6 Å². The molecule has 0 fully saturated rings. The Bertz CT molecular complexity index is 6790. The third kappa shape index (κ3) is 21.6. The zero-order valence-corrected chi connectivity index (χ0v) is 67.3. The molecule has 0 bridgehead atoms. The van der Waals surface area contributed by atoms with Gasteiger partial charge in [0.15, 0.2) is 0 Å². The molecule has 0 unspecified atom stereocenters. The SMILES string of the molecule is COc1cccc(Cc2c(-c3ccc(F)cc3)[nH]n(C3=NCCN3)c2=O)c1.COc1cccc(Cc2c(-c3ccc([N+](=O)[O-])cc3)[nH]n(C3=NCCN3)c2=O)c1.O=c1[nH][nH]c(-c2ccc(C(F)(F)F)cc2)c1Cc1ccc(F)cc1.O=c1[nH][nH]c(-c2ccc([N+](=O)[O-])cc2)c1Cc1ccc(F)cc1.O=c1[nH][nH]c(-c2ccc([N+](=O)[O-])cc2)c1Cc1cccc(Cl)c1. The standard InChI is InChI=1S/C20H19FN4O2.C20H19N5O4.C17H12F4N2O.C16H12ClN3O3.C16H12FN3O3/c1-27-16-4-2-3-13(11-16)12-17-18(14-5-7-15(21)8-6-14)24-25(19(17)26)20-22-9-10-23-20;1-29-16-4-2-3-13(11-16)12-17-18(14-5-7-15(8-6-14)25(27)28)23-24(19(17)26)20-21-9-10-22-20;18-13-7-1-10(2-8-13)9-14-15(22-23-16(14)24)11-3-5-12(6-4-11)17(19,20)21;17-12-3-1-2-10(8-12)9-14-15(18-19-16(14)21)11-4-6-13(7-5-11)20(22)23;17-12-5-1-10(2-6-12)9-14-15(18-19-16(14)21)11-3-7-13(8-4-11)20(22)23/h2-8,11,24H,9-10,12H2,1H3,(H,22,23);2-8,11,23H,9-10,12H2,1H3,(H,21,22);1-8H,9H2,(H2,22,23,24);2*1-8H,9H2,(H2,18,19,21). The molecule has 0 spiro atoms. The van der Waals surface area contributed by atoms with Crippen LogP contribution < -0.4 is 47.9 Å². The Morgan fingerprint density at radius 2 is 0.683 bits per heavy atom. The number of methoxy groups -OCH3 is 2. The van der Waals surface area contributed by atoms with E-state index in [0.29, 0.717) is 153 Å². The second-order valence-electron chi connectivity index (χ2n) is 28.2. The highest BCUT2D eigenvalue weighted by molar-refractivity contribution is 6.30. The van der Waals surface area contributed by atoms with Crippen LogP contribution in [0.25, 0.3) is 56.3 Å². The van der Waals surface area contributed by atoms with Crippen molar-refractivity contribution >= 4 is 40.6 Å². The summed E-state index contributed by atoms with van der Waals surface area (Å²) in [6.45, 7) is 2.58. The minimum absolute atomic E-state index is 0.00280. The predicted octanol–water partition coefficient (Wildman–Crippen LogP) is 15.2. The van der Waals surface area contributed by atoms with E-state index in [9.17, 15) is 80.7 Å². The molecule has 17 rings (SSSR count). The summed E-state index contributed by atoms with van der Waals surface area (Å²) in [5.74, 6) is 1.36. The second kappa shape index (κ2) is 39.6. The van der Waals surface area contributed by atoms with Crippen molar-refractivity contribution in [1.82, 2.24) is 60.8 Å². The molecule has 5 aromatic heterocycles. The van der Waals surface area contributed by atoms with E-state index in [1.54, 1.807) is 99.1 Å². The van der Waals surface area contributed by atoms with Crippen LogP contribution in [0.5, 0.6) is 11.5 Å². The zero-order valence-electron chi connectivity index (χ0n) is 66.5. The van der Waals surface area contributed by atoms with Gasteiger partial charge in [0.2, 0.25) is 11.9 Å². The Balaban J connectivity index is 0.000000135. The number of alkyl halides is 3. The van der Waals surface area contributed by atoms with Crippen LogP contribution in [0.3, 0.4) is 0 Å². The molecule has 2 aliphatic rings. The normalized spacial score (nSPS) is 12.0. The number of nitro groups is 3. The summed E-state index contributed by atoms with van der Waals surface area (Å²) in [5, 5.41) is 61.2. The maximum absolute atomic E-state index is 13.3. The Hall–Kier alpha value is -16.1. The Kier molecular flexibility index (Phi) is 27.5. The minimum Gasteiger partial charge on any atom is -0.497 e. The highest BCUT2D eigenvalue weighted by Gasteiger charge is 2.31. The van der Waals surface area contributed by atoms with Crippen LogP contribution in [-0.4, -0.2) is 117 Å². The van der Waals surface area contributed by atoms with Crippen molar-refractivity contribution in [2.45, 2.75) is 38.3 Å². The van der Waals surface area contributed by atoms with Gasteiger partial charge in [0, 0.05) is 137 Å². The number of halogens is 7. The lowest BCUT2D eigenvalue weighted by Crippen LogP contribution is -2.34. The monoisotopic (exact) mass is 1740 g/mol. The number of benzene rings is 10. The van der Waals surface area contributed by atoms with Crippen LogP contribution in [0.1, 0.15) is 61.2 Å². The van der Waals surface area contributed by atoms with Gasteiger partial charge in [0.05, 0.1) is 76.1 Å². The number of ether oxygens (including phenoxy) is 2. The fourth-order valence-corrected chi connectivity index (χ4v) is 13.9. The lowest BCUT2D eigenvalue weighted by molar-refractivity contribution is -0.385. The van der Waals surface area contributed by atoms with E-state index < -0.39 is 26.5 Å². The zero-order chi connectivity index (χ0) is 89.3. The minimum atomic E-state index is -4.42. The van der Waals surface area contributed by atoms with E-state index in [0.717, 1.165) is 51.3 Å². The van der Waals surface area contributed by atoms with Gasteiger partial charge in [-0.25, -0.2) is 23.2 Å². The topological polar surface area (TPSA) is 418 Å². The average molecular weight is 1740 g/mol. The molecule has 0 amide bonds. The van der Waals surface area contributed by atoms with Crippen molar-refractivity contribution in [2.75, 3.05) is 40.4 Å². The van der Waals surface area contributed by atoms with Gasteiger partial charge in [-0.2, -0.15) is 22.5 Å². The molecule has 0 saturated carbocycles. The Morgan fingerprint density at radius 1 is 0.381 bits per heavy atom. The molecule has 2 aliphatic heterocycles. The number of rotatable bonds is 20. The maximum atomic E-state index is 13.3. The maximum Gasteiger partial charge on any atom is 0.416 e. The largest absolute Gasteiger partial charge is 0.497 e. The Labute approximate surface area is 713 Å². The van der Waals surface area contributed by atoms with E-state index >= 15 is 0 Å². The molecule has 7 heterocycles. The first-order valence-electron chi connectivity index (χ1n) is 38.5. The summed E-state index contributed by atoms with van der Waals surface area (Å²) >= 11 is 5.97. The highest BCUT2D eigenvalue weighted by Crippen LogP contribution is 2.34. The number of hydrogen-bond donors (Lipinski definition) is 10. The van der Waals surface area contributed by atoms with Gasteiger partial charge < -0.3 is 20.1 Å². The van der Waals surface area contributed by atoms with Crippen LogP contribution in [-0.2, 0) is 38.3 Å². The Morgan fingerprint density at radius 3 is 1.00 bits per heavy atom. The number of aromatic amines is 8. The number of nitro benzene ring substituents is 3. The summed E-state index contributed by atoms with van der Waals surface area (Å²) in [6, 6.07) is 62.6. The van der Waals surface area contributed by atoms with Crippen LogP contribution in [0.15, 0.2) is 277 Å². The van der Waals surface area contributed by atoms with Gasteiger partial charge in [0.25, 0.3) is 44.9 Å². The number of nitrogens with one attached hydrogen (secondary N) is 10. The lowest BCUT2D eigenvalue weighted by Gasteiger charge is -2.08. The number of aliphatic imine (C=N–C) groups is 2. The van der Waals surface area contributed by atoms with Gasteiger partial charge in [-0.15, -0.1) is 0 Å². The summed E-state index contributed by atoms with van der Waals surface area (Å²) in [7, 11) is 3.20. The molecule has 126 heavy (non-hydrogen) atoms. The average Bonchev–Trinajstić information content (AvgIpc) is 1.63. The molecule has 10 aromatic carbocycles. The second-order valence-corrected chi connectivity index (χ2v) is 28.7. The predicted molar refractivity (Wildman–Crippen MR) is 462 cm³/mol. The number of non-ortho nitro benzene ring substituents is 3. The van der Waals surface area contributed by atoms with E-state index in [1.165, 1.54) is 94.3 Å². The molecule has 0 radical (unpaired) electrons. The highest BCUT2D eigenvalue weighted by atomic mass is 35.5. The summed E-state index contributed by atoms with van der Waals surface area (Å²) in [4.78, 5) is 102. The van der Waals surface area contributed by atoms with Gasteiger partial charge >= 0.3 is 6.18 Å². The summed E-state index contributed by atoms with van der Waals surface area (Å²) in [6.07, 6.45) is -2.66. The number of nitrogens with zero attached hydrogens (tertiary/aromatic N) is 7. The van der Waals surface area contributed by atoms with Crippen molar-refractivity contribution in [3.63, 3.8) is 0 Å². The quantitative estimate of drug-likeness (QED) is 0.0193. The number of aromatic nitrogens is 10. The van der Waals surface area contributed by atoms with Gasteiger partial charge in [0.1, 0.15) is 29.0 Å². The molecule has 10 N–H and O–H groups in total. The molecule has 15 aromatic rings. The fraction of sp³-hybridized carbons (Fsp3) is 0.135. The van der Waals surface area contributed by atoms with Gasteiger partial charge in [-0.3, -0.25) is 95.1 Å². The fourth-order valence-electron chi connectivity index (χ4n) is 13.6. The van der Waals surface area contributed by atoms with Crippen molar-refractivity contribution in [2.24, 2.45) is 9.98 Å². The third-order valence-corrected chi connectivity index (χ3v) is 20.2. The van der Waals surface area contributed by atoms with E-state index in [-0.39, 0.29) is 68.7 Å². The van der Waals surface area contributed by atoms with E-state index in [2.05, 4.69) is 61.4 Å². The molecule has 0 saturated heterocycles. The first kappa shape index (κ1) is 87.7. The summed E-state index contributed by atoms with van der Waals surface area (Å²) in [5.41, 5.74) is 10.9. The summed E-state index contributed by atoms with van der Waals surface area (Å²) < 4.78 is 90.5. The molecule has 30 nitrogen and oxygen atoms in total. The van der Waals surface area contributed by atoms with Crippen molar-refractivity contribution in [1.29, 1.82) is 0 Å². The molecule has 37 heteroatoms.